The molecule has 0 aliphatic heterocycles. The second-order valence-electron chi connectivity index (χ2n) is 6.14. The lowest BCUT2D eigenvalue weighted by atomic mass is 10.6. The van der Waals surface area contributed by atoms with E-state index in [1.54, 1.807) is 0 Å². The largest absolute Gasteiger partial charge is 0.441 e. The van der Waals surface area contributed by atoms with Crippen LogP contribution in [0.3, 0.4) is 0 Å². The zero-order valence-corrected chi connectivity index (χ0v) is 17.1. The molecule has 0 bridgehead atoms. The predicted octanol–water partition coefficient (Wildman–Crippen LogP) is 3.19. The van der Waals surface area contributed by atoms with Gasteiger partial charge in [-0.2, -0.15) is 0 Å². The first-order valence-electron chi connectivity index (χ1n) is 6.59. The highest BCUT2D eigenvalue weighted by molar-refractivity contribution is 6.84. The maximum atomic E-state index is 6.27. The fourth-order valence-electron chi connectivity index (χ4n) is 1.77. The summed E-state index contributed by atoms with van der Waals surface area (Å²) in [5.41, 5.74) is 0. The van der Waals surface area contributed by atoms with Crippen molar-refractivity contribution in [1.29, 1.82) is 0 Å². The molecule has 1 atom stereocenters. The molecule has 104 valence electrons. The number of hydrogen-bond acceptors (Lipinski definition) is 3. The van der Waals surface area contributed by atoms with Crippen LogP contribution in [0.5, 0.6) is 0 Å². The molecular formula is C10H30O3Si4. The molecule has 7 heteroatoms. The van der Waals surface area contributed by atoms with Crippen LogP contribution in [0.25, 0.3) is 0 Å². The van der Waals surface area contributed by atoms with Crippen molar-refractivity contribution in [2.75, 3.05) is 0 Å². The standard InChI is InChI=1S/C10H30O3Si4/c1-9-10-15(11-14(2)3)12-17(7,8)13-16(4,5)6/h14-15H,9-10H2,1-8H3. The Hall–Kier alpha value is 0.748. The minimum absolute atomic E-state index is 0.988. The van der Waals surface area contributed by atoms with Crippen molar-refractivity contribution >= 4 is 35.2 Å². The summed E-state index contributed by atoms with van der Waals surface area (Å²) in [4.78, 5) is 0. The van der Waals surface area contributed by atoms with Crippen molar-refractivity contribution in [2.24, 2.45) is 0 Å². The normalized spacial score (nSPS) is 15.4. The average molecular weight is 311 g/mol. The Morgan fingerprint density at radius 2 is 1.53 bits per heavy atom. The minimum Gasteiger partial charge on any atom is -0.441 e. The summed E-state index contributed by atoms with van der Waals surface area (Å²) >= 11 is 0. The lowest BCUT2D eigenvalue weighted by Crippen LogP contribution is -2.49. The van der Waals surface area contributed by atoms with Crippen molar-refractivity contribution in [3.63, 3.8) is 0 Å². The second kappa shape index (κ2) is 7.36. The monoisotopic (exact) mass is 310 g/mol. The van der Waals surface area contributed by atoms with Crippen molar-refractivity contribution in [1.82, 2.24) is 0 Å². The molecule has 17 heavy (non-hydrogen) atoms. The van der Waals surface area contributed by atoms with Gasteiger partial charge in [-0.15, -0.1) is 0 Å². The van der Waals surface area contributed by atoms with Gasteiger partial charge in [-0.1, -0.05) is 13.3 Å². The highest BCUT2D eigenvalue weighted by Gasteiger charge is 2.34. The summed E-state index contributed by atoms with van der Waals surface area (Å²) in [5.74, 6) is 0. The van der Waals surface area contributed by atoms with Crippen molar-refractivity contribution in [3.8, 4) is 0 Å². The van der Waals surface area contributed by atoms with Crippen LogP contribution in [0.15, 0.2) is 0 Å². The highest BCUT2D eigenvalue weighted by Crippen LogP contribution is 2.18. The summed E-state index contributed by atoms with van der Waals surface area (Å²) in [5, 5.41) is 0. The summed E-state index contributed by atoms with van der Waals surface area (Å²) in [6, 6.07) is 1.11. The SMILES string of the molecule is CCC[SiH](O[SiH](C)C)O[Si](C)(C)O[Si](C)(C)C. The van der Waals surface area contributed by atoms with Gasteiger partial charge in [0.25, 0.3) is 0 Å². The molecule has 0 aromatic rings. The van der Waals surface area contributed by atoms with E-state index in [0.29, 0.717) is 0 Å². The van der Waals surface area contributed by atoms with E-state index in [2.05, 4.69) is 52.8 Å². The third-order valence-electron chi connectivity index (χ3n) is 1.92. The Labute approximate surface area is 113 Å². The van der Waals surface area contributed by atoms with Crippen LogP contribution in [0.1, 0.15) is 13.3 Å². The van der Waals surface area contributed by atoms with Crippen LogP contribution in [0, 0.1) is 0 Å². The van der Waals surface area contributed by atoms with E-state index >= 15 is 0 Å². The molecule has 0 fully saturated rings. The molecule has 0 aliphatic rings. The van der Waals surface area contributed by atoms with Crippen molar-refractivity contribution in [3.05, 3.63) is 0 Å². The van der Waals surface area contributed by atoms with Crippen LogP contribution in [0.4, 0.5) is 0 Å². The Balaban J connectivity index is 4.40. The average Bonchev–Trinajstić information content (AvgIpc) is 1.95. The minimum atomic E-state index is -1.99. The molecule has 0 saturated carbocycles. The van der Waals surface area contributed by atoms with E-state index in [0.717, 1.165) is 12.5 Å². The zero-order valence-electron chi connectivity index (χ0n) is 12.8. The van der Waals surface area contributed by atoms with Crippen molar-refractivity contribution < 1.29 is 12.3 Å². The molecule has 0 rings (SSSR count). The van der Waals surface area contributed by atoms with Gasteiger partial charge in [-0.05, 0) is 51.9 Å². The lowest BCUT2D eigenvalue weighted by Gasteiger charge is -2.34. The molecule has 3 nitrogen and oxygen atoms in total. The Bertz CT molecular complexity index is 216. The van der Waals surface area contributed by atoms with E-state index in [1.165, 1.54) is 0 Å². The summed E-state index contributed by atoms with van der Waals surface area (Å²) in [6.07, 6.45) is 1.15. The van der Waals surface area contributed by atoms with E-state index < -0.39 is 35.2 Å². The topological polar surface area (TPSA) is 27.7 Å². The molecule has 0 radical (unpaired) electrons. The van der Waals surface area contributed by atoms with Gasteiger partial charge in [0.15, 0.2) is 17.4 Å². The smallest absolute Gasteiger partial charge is 0.312 e. The Morgan fingerprint density at radius 3 is 1.88 bits per heavy atom. The second-order valence-corrected chi connectivity index (χ2v) is 19.5. The fraction of sp³-hybridized carbons (Fsp3) is 1.00. The van der Waals surface area contributed by atoms with E-state index in [1.807, 2.05) is 0 Å². The van der Waals surface area contributed by atoms with Gasteiger partial charge in [0.2, 0.25) is 0 Å². The summed E-state index contributed by atoms with van der Waals surface area (Å²) < 4.78 is 18.5. The first kappa shape index (κ1) is 17.7. The Kier molecular flexibility index (Phi) is 7.69. The Morgan fingerprint density at radius 1 is 1.00 bits per heavy atom. The molecule has 1 unspecified atom stereocenters. The molecular weight excluding hydrogens is 280 g/mol. The van der Waals surface area contributed by atoms with E-state index in [9.17, 15) is 0 Å². The number of rotatable bonds is 8. The van der Waals surface area contributed by atoms with Crippen LogP contribution < -0.4 is 0 Å². The van der Waals surface area contributed by atoms with Crippen LogP contribution in [0.2, 0.25) is 51.9 Å². The molecule has 0 spiro atoms. The maximum Gasteiger partial charge on any atom is 0.312 e. The lowest BCUT2D eigenvalue weighted by molar-refractivity contribution is 0.349. The zero-order chi connectivity index (χ0) is 13.7. The summed E-state index contributed by atoms with van der Waals surface area (Å²) in [7, 11) is -5.97. The molecule has 0 aromatic carbocycles. The predicted molar refractivity (Wildman–Crippen MR) is 85.2 cm³/mol. The third kappa shape index (κ3) is 10.4. The number of hydrogen-bond donors (Lipinski definition) is 0. The van der Waals surface area contributed by atoms with E-state index in [-0.39, 0.29) is 0 Å². The van der Waals surface area contributed by atoms with Crippen LogP contribution in [-0.2, 0) is 12.3 Å². The molecule has 0 heterocycles. The van der Waals surface area contributed by atoms with Gasteiger partial charge in [0.1, 0.15) is 0 Å². The van der Waals surface area contributed by atoms with Gasteiger partial charge < -0.3 is 12.3 Å². The first-order valence-corrected chi connectivity index (χ1v) is 17.4. The highest BCUT2D eigenvalue weighted by atomic mass is 28.5. The quantitative estimate of drug-likeness (QED) is 0.644. The van der Waals surface area contributed by atoms with Crippen LogP contribution >= 0.6 is 0 Å². The first-order chi connectivity index (χ1) is 7.56. The molecule has 0 amide bonds. The summed E-state index contributed by atoms with van der Waals surface area (Å²) in [6.45, 7) is 17.6. The van der Waals surface area contributed by atoms with Crippen molar-refractivity contribution in [2.45, 2.75) is 65.2 Å². The van der Waals surface area contributed by atoms with Gasteiger partial charge >= 0.3 is 17.8 Å². The fourth-order valence-corrected chi connectivity index (χ4v) is 15.5. The third-order valence-corrected chi connectivity index (χ3v) is 14.1. The van der Waals surface area contributed by atoms with Gasteiger partial charge in [-0.3, -0.25) is 0 Å². The van der Waals surface area contributed by atoms with E-state index in [4.69, 9.17) is 12.3 Å². The molecule has 0 aromatic heterocycles. The van der Waals surface area contributed by atoms with Crippen LogP contribution in [-0.4, -0.2) is 35.2 Å². The van der Waals surface area contributed by atoms with Gasteiger partial charge in [0, 0.05) is 0 Å². The molecule has 0 N–H and O–H groups in total. The maximum absolute atomic E-state index is 6.27. The van der Waals surface area contributed by atoms with Gasteiger partial charge in [0.05, 0.1) is 0 Å². The molecule has 0 saturated heterocycles. The molecule has 0 aliphatic carbocycles. The van der Waals surface area contributed by atoms with Gasteiger partial charge in [-0.25, -0.2) is 0 Å².